The Balaban J connectivity index is 1.39. The summed E-state index contributed by atoms with van der Waals surface area (Å²) in [7, 11) is 0. The van der Waals surface area contributed by atoms with Gasteiger partial charge in [0.05, 0.1) is 12.2 Å². The number of carbonyl (C=O) groups is 1. The minimum Gasteiger partial charge on any atom is -0.491 e. The summed E-state index contributed by atoms with van der Waals surface area (Å²) in [6.45, 7) is -0.206. The lowest BCUT2D eigenvalue weighted by Crippen LogP contribution is -2.21. The van der Waals surface area contributed by atoms with E-state index >= 15 is 0 Å². The molecule has 40 heavy (non-hydrogen) atoms. The van der Waals surface area contributed by atoms with E-state index in [1.54, 1.807) is 54.6 Å². The second kappa shape index (κ2) is 16.0. The van der Waals surface area contributed by atoms with E-state index in [4.69, 9.17) is 21.1 Å². The number of hydrogen-bond acceptors (Lipinski definition) is 9. The van der Waals surface area contributed by atoms with Crippen LogP contribution in [-0.2, 0) is 16.2 Å². The van der Waals surface area contributed by atoms with E-state index in [-0.39, 0.29) is 37.9 Å². The van der Waals surface area contributed by atoms with Gasteiger partial charge in [-0.2, -0.15) is 0 Å². The van der Waals surface area contributed by atoms with Gasteiger partial charge in [-0.25, -0.2) is 0 Å². The molecule has 0 aromatic heterocycles. The Morgan fingerprint density at radius 1 is 1.12 bits per heavy atom. The summed E-state index contributed by atoms with van der Waals surface area (Å²) in [6, 6.07) is 13.2. The fraction of sp³-hybridized carbons (Fsp3) is 0.414. The van der Waals surface area contributed by atoms with Gasteiger partial charge in [0.1, 0.15) is 30.8 Å². The third kappa shape index (κ3) is 10.6. The monoisotopic (exact) mass is 575 g/mol. The number of benzene rings is 2. The summed E-state index contributed by atoms with van der Waals surface area (Å²) in [5.74, 6) is -0.110. The lowest BCUT2D eigenvalue weighted by molar-refractivity contribution is -0.763. The van der Waals surface area contributed by atoms with E-state index in [9.17, 15) is 30.2 Å². The maximum Gasteiger partial charge on any atom is 0.311 e. The number of aliphatic hydroxyl groups is 3. The number of unbranched alkanes of at least 4 members (excludes halogenated alkanes) is 1. The maximum absolute atomic E-state index is 12.1. The van der Waals surface area contributed by atoms with Crippen LogP contribution in [0, 0.1) is 22.0 Å². The number of nitrogens with zero attached hydrogens (tertiary/aromatic N) is 1. The molecule has 2 aromatic carbocycles. The Labute approximate surface area is 237 Å². The van der Waals surface area contributed by atoms with Crippen LogP contribution in [0.2, 0.25) is 5.02 Å². The smallest absolute Gasteiger partial charge is 0.311 e. The Kier molecular flexibility index (Phi) is 12.4. The number of halogens is 1. The molecule has 3 N–H and O–H groups in total. The molecular weight excluding hydrogens is 542 g/mol. The molecular formula is C29H34ClNO9. The zero-order valence-corrected chi connectivity index (χ0v) is 22.6. The Morgan fingerprint density at radius 3 is 2.67 bits per heavy atom. The second-order valence-corrected chi connectivity index (χ2v) is 9.99. The first kappa shape index (κ1) is 31.1. The van der Waals surface area contributed by atoms with Crippen molar-refractivity contribution in [2.24, 2.45) is 11.8 Å². The molecule has 216 valence electrons. The summed E-state index contributed by atoms with van der Waals surface area (Å²) >= 11 is 5.93. The highest BCUT2D eigenvalue weighted by molar-refractivity contribution is 6.30. The molecule has 0 radical (unpaired) electrons. The van der Waals surface area contributed by atoms with Gasteiger partial charge in [0, 0.05) is 23.8 Å². The van der Waals surface area contributed by atoms with Crippen molar-refractivity contribution < 1.29 is 39.5 Å². The first-order valence-corrected chi connectivity index (χ1v) is 13.4. The number of rotatable bonds is 15. The van der Waals surface area contributed by atoms with Crippen LogP contribution in [0.15, 0.2) is 72.8 Å². The van der Waals surface area contributed by atoms with E-state index in [0.29, 0.717) is 41.3 Å². The normalized spacial score (nSPS) is 21.5. The van der Waals surface area contributed by atoms with Crippen molar-refractivity contribution in [3.05, 3.63) is 93.5 Å². The molecule has 1 aliphatic rings. The fourth-order valence-electron chi connectivity index (χ4n) is 4.50. The van der Waals surface area contributed by atoms with Gasteiger partial charge in [0.15, 0.2) is 0 Å². The van der Waals surface area contributed by atoms with Gasteiger partial charge in [0.2, 0.25) is 0 Å². The van der Waals surface area contributed by atoms with Gasteiger partial charge in [0.25, 0.3) is 5.09 Å². The number of hydrogen-bond donors (Lipinski definition) is 3. The number of aliphatic hydroxyl groups excluding tert-OH is 3. The molecule has 0 amide bonds. The third-order valence-electron chi connectivity index (χ3n) is 6.48. The lowest BCUT2D eigenvalue weighted by Gasteiger charge is -2.19. The third-order valence-corrected chi connectivity index (χ3v) is 6.72. The van der Waals surface area contributed by atoms with Crippen molar-refractivity contribution in [2.75, 3.05) is 6.61 Å². The summed E-state index contributed by atoms with van der Waals surface area (Å²) in [4.78, 5) is 26.8. The standard InChI is InChI=1S/C29H34ClNO9/c30-21-8-6-9-23(16-21)38-19-22(32)13-14-26-25(27(33)17-28(26)34)11-3-1-2-4-12-29(35)40-24-10-5-7-20(15-24)18-39-31(36)37/h1,3,5-10,13-16,22,25-28,32-34H,2,4,11-12,17-19H2/b3-1-,14-13+/t22-,25-,26-,27+,28-/m1/s1. The first-order valence-electron chi connectivity index (χ1n) is 13.0. The number of allylic oxidation sites excluding steroid dienone is 2. The molecule has 1 fully saturated rings. The van der Waals surface area contributed by atoms with Crippen LogP contribution in [-0.4, -0.2) is 51.3 Å². The van der Waals surface area contributed by atoms with Crippen LogP contribution < -0.4 is 9.47 Å². The molecule has 0 spiro atoms. The summed E-state index contributed by atoms with van der Waals surface area (Å²) in [5, 5.41) is 41.1. The summed E-state index contributed by atoms with van der Waals surface area (Å²) < 4.78 is 10.8. The quantitative estimate of drug-likeness (QED) is 0.0700. The van der Waals surface area contributed by atoms with Gasteiger partial charge in [-0.1, -0.05) is 54.1 Å². The number of ether oxygens (including phenoxy) is 2. The zero-order chi connectivity index (χ0) is 28.9. The highest BCUT2D eigenvalue weighted by Crippen LogP contribution is 2.36. The zero-order valence-electron chi connectivity index (χ0n) is 21.9. The molecule has 2 aromatic rings. The van der Waals surface area contributed by atoms with Gasteiger partial charge >= 0.3 is 5.97 Å². The average molecular weight is 576 g/mol. The van der Waals surface area contributed by atoms with Crippen molar-refractivity contribution in [1.82, 2.24) is 0 Å². The maximum atomic E-state index is 12.1. The molecule has 0 aliphatic heterocycles. The van der Waals surface area contributed by atoms with Crippen molar-refractivity contribution in [3.63, 3.8) is 0 Å². The average Bonchev–Trinajstić information content (AvgIpc) is 3.18. The Hall–Kier alpha value is -3.44. The van der Waals surface area contributed by atoms with E-state index in [1.165, 1.54) is 6.07 Å². The molecule has 0 saturated heterocycles. The van der Waals surface area contributed by atoms with Crippen LogP contribution in [0.25, 0.3) is 0 Å². The molecule has 11 heteroatoms. The Morgan fingerprint density at radius 2 is 1.90 bits per heavy atom. The van der Waals surface area contributed by atoms with E-state index in [0.717, 1.165) is 0 Å². The molecule has 1 aliphatic carbocycles. The highest BCUT2D eigenvalue weighted by Gasteiger charge is 2.39. The Bertz CT molecular complexity index is 1170. The van der Waals surface area contributed by atoms with Crippen molar-refractivity contribution in [2.45, 2.75) is 57.0 Å². The van der Waals surface area contributed by atoms with Crippen LogP contribution in [0.1, 0.15) is 37.7 Å². The summed E-state index contributed by atoms with van der Waals surface area (Å²) in [6.07, 6.45) is 7.03. The minimum absolute atomic E-state index is 0.0245. The van der Waals surface area contributed by atoms with Crippen molar-refractivity contribution in [1.29, 1.82) is 0 Å². The van der Waals surface area contributed by atoms with Gasteiger partial charge in [-0.15, -0.1) is 10.1 Å². The number of esters is 1. The van der Waals surface area contributed by atoms with Crippen LogP contribution in [0.4, 0.5) is 0 Å². The second-order valence-electron chi connectivity index (χ2n) is 9.55. The van der Waals surface area contributed by atoms with E-state index in [2.05, 4.69) is 4.84 Å². The van der Waals surface area contributed by atoms with Gasteiger partial charge in [-0.3, -0.25) is 4.79 Å². The molecule has 0 heterocycles. The highest BCUT2D eigenvalue weighted by atomic mass is 35.5. The van der Waals surface area contributed by atoms with E-state index < -0.39 is 29.4 Å². The van der Waals surface area contributed by atoms with E-state index in [1.807, 2.05) is 12.2 Å². The predicted octanol–water partition coefficient (Wildman–Crippen LogP) is 4.42. The molecule has 5 atom stereocenters. The van der Waals surface area contributed by atoms with Gasteiger partial charge in [-0.05, 0) is 61.1 Å². The van der Waals surface area contributed by atoms with Crippen molar-refractivity contribution >= 4 is 17.6 Å². The fourth-order valence-corrected chi connectivity index (χ4v) is 4.68. The predicted molar refractivity (Wildman–Crippen MR) is 147 cm³/mol. The molecule has 0 bridgehead atoms. The SMILES string of the molecule is O=C(CCC/C=C\C[C@@H]1[C@@H](/C=C/[C@@H](O)COc2cccc(Cl)c2)[C@H](O)C[C@@H]1O)Oc1cccc(CO[N+](=O)[O-])c1. The van der Waals surface area contributed by atoms with Crippen LogP contribution in [0.5, 0.6) is 11.5 Å². The van der Waals surface area contributed by atoms with Crippen molar-refractivity contribution in [3.8, 4) is 11.5 Å². The minimum atomic E-state index is -0.892. The first-order chi connectivity index (χ1) is 19.2. The number of carbonyl (C=O) groups excluding carboxylic acids is 1. The molecule has 3 rings (SSSR count). The van der Waals surface area contributed by atoms with Crippen LogP contribution >= 0.6 is 11.6 Å². The largest absolute Gasteiger partial charge is 0.491 e. The topological polar surface area (TPSA) is 149 Å². The lowest BCUT2D eigenvalue weighted by atomic mass is 9.89. The molecule has 1 saturated carbocycles. The van der Waals surface area contributed by atoms with Crippen LogP contribution in [0.3, 0.4) is 0 Å². The van der Waals surface area contributed by atoms with Gasteiger partial charge < -0.3 is 29.6 Å². The molecule has 0 unspecified atom stereocenters. The molecule has 10 nitrogen and oxygen atoms in total. The summed E-state index contributed by atoms with van der Waals surface area (Å²) in [5.41, 5.74) is 0.512.